The molecule has 0 aliphatic heterocycles. The maximum Gasteiger partial charge on any atom is 0.135 e. The summed E-state index contributed by atoms with van der Waals surface area (Å²) in [6, 6.07) is 14.3. The molecule has 3 rings (SSSR count). The van der Waals surface area contributed by atoms with E-state index in [4.69, 9.17) is 4.42 Å². The maximum atomic E-state index is 5.73. The first-order valence-corrected chi connectivity index (χ1v) is 5.72. The summed E-state index contributed by atoms with van der Waals surface area (Å²) >= 11 is 0. The molecule has 0 aliphatic carbocycles. The number of furan rings is 1. The quantitative estimate of drug-likeness (QED) is 0.485. The molecule has 0 radical (unpaired) electrons. The Balaban J connectivity index is 0.000000329. The van der Waals surface area contributed by atoms with E-state index in [1.807, 2.05) is 37.3 Å². The van der Waals surface area contributed by atoms with Crippen LogP contribution in [-0.4, -0.2) is 0 Å². The second-order valence-electron chi connectivity index (χ2n) is 3.95. The molecule has 3 aromatic rings. The Labute approximate surface area is 101 Å². The number of allylic oxidation sites excluding steroid dienone is 1. The maximum absolute atomic E-state index is 5.73. The largest absolute Gasteiger partial charge is 0.456 e. The van der Waals surface area contributed by atoms with Crippen molar-refractivity contribution in [2.24, 2.45) is 0 Å². The molecule has 1 nitrogen and oxygen atoms in total. The highest BCUT2D eigenvalue weighted by Crippen LogP contribution is 2.30. The summed E-state index contributed by atoms with van der Waals surface area (Å²) in [7, 11) is 0. The van der Waals surface area contributed by atoms with Crippen LogP contribution in [0.25, 0.3) is 21.9 Å². The fraction of sp³-hybridized carbons (Fsp3) is 0.125. The molecule has 1 heterocycles. The van der Waals surface area contributed by atoms with Gasteiger partial charge in [0.25, 0.3) is 0 Å². The number of para-hydroxylation sites is 1. The van der Waals surface area contributed by atoms with Crippen LogP contribution in [0, 0.1) is 6.92 Å². The third kappa shape index (κ3) is 2.09. The Morgan fingerprint density at radius 1 is 1.00 bits per heavy atom. The van der Waals surface area contributed by atoms with E-state index in [9.17, 15) is 0 Å². The fourth-order valence-corrected chi connectivity index (χ4v) is 1.95. The van der Waals surface area contributed by atoms with Gasteiger partial charge in [0.2, 0.25) is 0 Å². The smallest absolute Gasteiger partial charge is 0.135 e. The Hall–Kier alpha value is -2.02. The molecule has 0 saturated heterocycles. The van der Waals surface area contributed by atoms with Crippen molar-refractivity contribution in [2.45, 2.75) is 13.8 Å². The van der Waals surface area contributed by atoms with Gasteiger partial charge in [-0.05, 0) is 31.5 Å². The first-order chi connectivity index (χ1) is 8.27. The van der Waals surface area contributed by atoms with Crippen LogP contribution in [0.3, 0.4) is 0 Å². The number of rotatable bonds is 0. The molecule has 0 spiro atoms. The van der Waals surface area contributed by atoms with Gasteiger partial charge < -0.3 is 4.42 Å². The van der Waals surface area contributed by atoms with Gasteiger partial charge in [-0.15, -0.1) is 6.58 Å². The van der Waals surface area contributed by atoms with Crippen LogP contribution in [0.2, 0.25) is 0 Å². The minimum absolute atomic E-state index is 0.969. The van der Waals surface area contributed by atoms with E-state index in [0.717, 1.165) is 11.2 Å². The van der Waals surface area contributed by atoms with Crippen molar-refractivity contribution in [1.82, 2.24) is 0 Å². The molecule has 17 heavy (non-hydrogen) atoms. The zero-order chi connectivity index (χ0) is 12.3. The van der Waals surface area contributed by atoms with Gasteiger partial charge in [0.15, 0.2) is 0 Å². The summed E-state index contributed by atoms with van der Waals surface area (Å²) in [6.07, 6.45) is 1.75. The number of hydrogen-bond donors (Lipinski definition) is 0. The number of benzene rings is 2. The summed E-state index contributed by atoms with van der Waals surface area (Å²) in [5.74, 6) is 0. The lowest BCUT2D eigenvalue weighted by molar-refractivity contribution is 0.669. The van der Waals surface area contributed by atoms with Gasteiger partial charge in [-0.1, -0.05) is 36.4 Å². The molecular formula is C16H16O. The molecule has 0 fully saturated rings. The Kier molecular flexibility index (Phi) is 3.29. The van der Waals surface area contributed by atoms with Gasteiger partial charge in [-0.25, -0.2) is 0 Å². The number of fused-ring (bicyclic) bond motifs is 3. The van der Waals surface area contributed by atoms with Crippen LogP contribution in [0.4, 0.5) is 0 Å². The molecular weight excluding hydrogens is 208 g/mol. The zero-order valence-corrected chi connectivity index (χ0v) is 10.2. The van der Waals surface area contributed by atoms with Crippen molar-refractivity contribution < 1.29 is 4.42 Å². The van der Waals surface area contributed by atoms with E-state index in [0.29, 0.717) is 0 Å². The highest BCUT2D eigenvalue weighted by molar-refractivity contribution is 6.06. The third-order valence-corrected chi connectivity index (χ3v) is 2.61. The molecule has 0 amide bonds. The second-order valence-corrected chi connectivity index (χ2v) is 3.95. The van der Waals surface area contributed by atoms with Crippen molar-refractivity contribution >= 4 is 21.9 Å². The average Bonchev–Trinajstić information content (AvgIpc) is 2.69. The number of hydrogen-bond acceptors (Lipinski definition) is 1. The van der Waals surface area contributed by atoms with Gasteiger partial charge in [-0.3, -0.25) is 0 Å². The van der Waals surface area contributed by atoms with E-state index >= 15 is 0 Å². The molecule has 1 aromatic heterocycles. The van der Waals surface area contributed by atoms with E-state index < -0.39 is 0 Å². The summed E-state index contributed by atoms with van der Waals surface area (Å²) in [6.45, 7) is 7.37. The van der Waals surface area contributed by atoms with Crippen molar-refractivity contribution in [3.05, 3.63) is 60.7 Å². The first-order valence-electron chi connectivity index (χ1n) is 5.72. The Morgan fingerprint density at radius 2 is 1.65 bits per heavy atom. The van der Waals surface area contributed by atoms with Crippen molar-refractivity contribution in [2.75, 3.05) is 0 Å². The standard InChI is InChI=1S/C13H10O.C3H6/c1-9-5-4-8-12-13(9)10-6-2-3-7-11(10)14-12;1-3-2/h2-8H,1H3;3H,1H2,2H3. The first kappa shape index (κ1) is 11.5. The molecule has 0 atom stereocenters. The Bertz CT molecular complexity index is 647. The van der Waals surface area contributed by atoms with Crippen LogP contribution in [-0.2, 0) is 0 Å². The summed E-state index contributed by atoms with van der Waals surface area (Å²) in [5.41, 5.74) is 3.22. The molecule has 2 aromatic carbocycles. The Morgan fingerprint density at radius 3 is 2.41 bits per heavy atom. The predicted octanol–water partition coefficient (Wildman–Crippen LogP) is 5.09. The molecule has 0 saturated carbocycles. The lowest BCUT2D eigenvalue weighted by atomic mass is 10.1. The van der Waals surface area contributed by atoms with Crippen LogP contribution in [0.15, 0.2) is 59.5 Å². The lowest BCUT2D eigenvalue weighted by Crippen LogP contribution is -1.72. The lowest BCUT2D eigenvalue weighted by Gasteiger charge is -1.93. The fourth-order valence-electron chi connectivity index (χ4n) is 1.95. The molecule has 86 valence electrons. The molecule has 0 bridgehead atoms. The van der Waals surface area contributed by atoms with Crippen LogP contribution >= 0.6 is 0 Å². The van der Waals surface area contributed by atoms with Crippen LogP contribution < -0.4 is 0 Å². The number of aryl methyl sites for hydroxylation is 1. The van der Waals surface area contributed by atoms with Crippen LogP contribution in [0.1, 0.15) is 12.5 Å². The minimum atomic E-state index is 0.969. The molecule has 0 N–H and O–H groups in total. The highest BCUT2D eigenvalue weighted by atomic mass is 16.3. The van der Waals surface area contributed by atoms with E-state index in [1.54, 1.807) is 6.08 Å². The van der Waals surface area contributed by atoms with E-state index in [1.165, 1.54) is 16.3 Å². The topological polar surface area (TPSA) is 13.1 Å². The van der Waals surface area contributed by atoms with Crippen molar-refractivity contribution in [3.63, 3.8) is 0 Å². The van der Waals surface area contributed by atoms with Gasteiger partial charge in [-0.2, -0.15) is 0 Å². The summed E-state index contributed by atoms with van der Waals surface area (Å²) in [4.78, 5) is 0. The third-order valence-electron chi connectivity index (χ3n) is 2.61. The molecule has 0 unspecified atom stereocenters. The average molecular weight is 224 g/mol. The SMILES string of the molecule is C=CC.Cc1cccc2oc3ccccc3c12. The van der Waals surface area contributed by atoms with Crippen molar-refractivity contribution in [1.29, 1.82) is 0 Å². The minimum Gasteiger partial charge on any atom is -0.456 e. The highest BCUT2D eigenvalue weighted by Gasteiger charge is 2.06. The summed E-state index contributed by atoms with van der Waals surface area (Å²) < 4.78 is 5.73. The van der Waals surface area contributed by atoms with Gasteiger partial charge in [0.05, 0.1) is 0 Å². The summed E-state index contributed by atoms with van der Waals surface area (Å²) in [5, 5.41) is 2.45. The molecule has 1 heteroatoms. The zero-order valence-electron chi connectivity index (χ0n) is 10.2. The van der Waals surface area contributed by atoms with Gasteiger partial charge in [0.1, 0.15) is 11.2 Å². The van der Waals surface area contributed by atoms with E-state index in [-0.39, 0.29) is 0 Å². The van der Waals surface area contributed by atoms with Gasteiger partial charge in [0, 0.05) is 10.8 Å². The van der Waals surface area contributed by atoms with Crippen molar-refractivity contribution in [3.8, 4) is 0 Å². The van der Waals surface area contributed by atoms with Gasteiger partial charge >= 0.3 is 0 Å². The predicted molar refractivity (Wildman–Crippen MR) is 74.3 cm³/mol. The second kappa shape index (κ2) is 4.88. The van der Waals surface area contributed by atoms with Crippen LogP contribution in [0.5, 0.6) is 0 Å². The van der Waals surface area contributed by atoms with E-state index in [2.05, 4.69) is 25.6 Å². The molecule has 0 aliphatic rings. The monoisotopic (exact) mass is 224 g/mol. The normalized spacial score (nSPS) is 10.0.